The number of amides is 2. The van der Waals surface area contributed by atoms with Crippen LogP contribution in [0.2, 0.25) is 0 Å². The highest BCUT2D eigenvalue weighted by Gasteiger charge is 2.37. The van der Waals surface area contributed by atoms with Gasteiger partial charge >= 0.3 is 0 Å². The fraction of sp³-hybridized carbons (Fsp3) is 0.857. The molecule has 7 heteroatoms. The standard InChI is InChI=1S/C21H35N3O4/c22-20(27)18-7-4-10-23(18)11-9-17-14-24(12-8-16(17)13-19(25)26)21(28)15-5-2-1-3-6-15/h15-18H,1-14H2,(H2,22,27)(H,25,26)/t16-,17-,18-/m0/s1. The highest BCUT2D eigenvalue weighted by atomic mass is 16.4. The first-order chi connectivity index (χ1) is 13.5. The summed E-state index contributed by atoms with van der Waals surface area (Å²) in [6, 6.07) is -0.122. The lowest BCUT2D eigenvalue weighted by Gasteiger charge is -2.41. The van der Waals surface area contributed by atoms with Crippen molar-refractivity contribution in [3.05, 3.63) is 0 Å². The molecule has 0 bridgehead atoms. The van der Waals surface area contributed by atoms with E-state index in [1.54, 1.807) is 0 Å². The van der Waals surface area contributed by atoms with E-state index in [1.165, 1.54) is 11.3 Å². The van der Waals surface area contributed by atoms with E-state index in [0.717, 1.165) is 64.5 Å². The number of likely N-dealkylation sites (tertiary alicyclic amines) is 2. The summed E-state index contributed by atoms with van der Waals surface area (Å²) >= 11 is 0. The van der Waals surface area contributed by atoms with Crippen molar-refractivity contribution in [1.82, 2.24) is 4.90 Å². The van der Waals surface area contributed by atoms with Crippen LogP contribution in [0.15, 0.2) is 0 Å². The maximum atomic E-state index is 13.0. The van der Waals surface area contributed by atoms with Gasteiger partial charge in [0.15, 0.2) is 6.04 Å². The first-order valence-electron chi connectivity index (χ1n) is 11.1. The number of quaternary nitrogens is 1. The van der Waals surface area contributed by atoms with Gasteiger partial charge in [-0.25, -0.2) is 0 Å². The van der Waals surface area contributed by atoms with Gasteiger partial charge in [-0.3, -0.25) is 9.59 Å². The summed E-state index contributed by atoms with van der Waals surface area (Å²) in [6.07, 6.45) is 8.91. The fourth-order valence-corrected chi connectivity index (χ4v) is 5.62. The summed E-state index contributed by atoms with van der Waals surface area (Å²) in [5, 5.41) is 11.2. The number of carbonyl (C=O) groups is 3. The molecule has 2 aliphatic heterocycles. The van der Waals surface area contributed by atoms with Crippen molar-refractivity contribution in [2.75, 3.05) is 26.2 Å². The zero-order chi connectivity index (χ0) is 20.1. The van der Waals surface area contributed by atoms with E-state index in [4.69, 9.17) is 5.73 Å². The minimum absolute atomic E-state index is 0.0504. The van der Waals surface area contributed by atoms with Crippen LogP contribution in [-0.4, -0.2) is 54.9 Å². The quantitative estimate of drug-likeness (QED) is 0.584. The van der Waals surface area contributed by atoms with E-state index < -0.39 is 5.97 Å². The lowest BCUT2D eigenvalue weighted by molar-refractivity contribution is -0.903. The molecule has 2 saturated heterocycles. The maximum Gasteiger partial charge on any atom is 0.275 e. The van der Waals surface area contributed by atoms with Crippen LogP contribution < -0.4 is 15.7 Å². The fourth-order valence-electron chi connectivity index (χ4n) is 5.62. The number of nitrogens with two attached hydrogens (primary N) is 1. The average molecular weight is 394 g/mol. The summed E-state index contributed by atoms with van der Waals surface area (Å²) in [6.45, 7) is 3.05. The van der Waals surface area contributed by atoms with Crippen molar-refractivity contribution in [3.63, 3.8) is 0 Å². The van der Waals surface area contributed by atoms with Crippen molar-refractivity contribution in [2.24, 2.45) is 23.5 Å². The number of nitrogens with zero attached hydrogens (tertiary/aromatic N) is 1. The first kappa shape index (κ1) is 21.1. The second-order valence-electron chi connectivity index (χ2n) is 9.05. The minimum atomic E-state index is -1.01. The molecule has 158 valence electrons. The predicted octanol–water partition coefficient (Wildman–Crippen LogP) is -0.906. The van der Waals surface area contributed by atoms with Gasteiger partial charge in [0.2, 0.25) is 5.91 Å². The second kappa shape index (κ2) is 9.72. The van der Waals surface area contributed by atoms with Crippen LogP contribution in [0.1, 0.15) is 64.2 Å². The van der Waals surface area contributed by atoms with Gasteiger partial charge in [-0.15, -0.1) is 0 Å². The summed E-state index contributed by atoms with van der Waals surface area (Å²) in [5.74, 6) is -0.631. The number of piperidine rings is 1. The Morgan fingerprint density at radius 2 is 1.75 bits per heavy atom. The highest BCUT2D eigenvalue weighted by molar-refractivity contribution is 5.79. The molecule has 28 heavy (non-hydrogen) atoms. The van der Waals surface area contributed by atoms with Gasteiger partial charge in [0.05, 0.1) is 13.1 Å². The Labute approximate surface area is 167 Å². The van der Waals surface area contributed by atoms with E-state index in [-0.39, 0.29) is 42.0 Å². The van der Waals surface area contributed by atoms with Gasteiger partial charge in [0, 0.05) is 44.2 Å². The van der Waals surface area contributed by atoms with Gasteiger partial charge in [0.25, 0.3) is 5.91 Å². The van der Waals surface area contributed by atoms with Crippen LogP contribution >= 0.6 is 0 Å². The number of nitrogens with one attached hydrogen (secondary N) is 1. The van der Waals surface area contributed by atoms with E-state index in [0.29, 0.717) is 13.1 Å². The van der Waals surface area contributed by atoms with Gasteiger partial charge in [0.1, 0.15) is 0 Å². The molecule has 4 atom stereocenters. The van der Waals surface area contributed by atoms with Crippen molar-refractivity contribution in [1.29, 1.82) is 0 Å². The van der Waals surface area contributed by atoms with Gasteiger partial charge in [-0.05, 0) is 37.5 Å². The number of hydrogen-bond donors (Lipinski definition) is 2. The monoisotopic (exact) mass is 393 g/mol. The number of carbonyl (C=O) groups excluding carboxylic acids is 3. The Morgan fingerprint density at radius 3 is 2.43 bits per heavy atom. The molecule has 0 aromatic rings. The molecule has 0 aromatic carbocycles. The van der Waals surface area contributed by atoms with E-state index in [9.17, 15) is 19.5 Å². The summed E-state index contributed by atoms with van der Waals surface area (Å²) in [4.78, 5) is 39.0. The Morgan fingerprint density at radius 1 is 1.00 bits per heavy atom. The Hall–Kier alpha value is -1.63. The summed E-state index contributed by atoms with van der Waals surface area (Å²) in [5.41, 5.74) is 5.54. The molecule has 7 nitrogen and oxygen atoms in total. The van der Waals surface area contributed by atoms with Gasteiger partial charge in [-0.2, -0.15) is 0 Å². The molecule has 0 spiro atoms. The molecule has 3 aliphatic rings. The van der Waals surface area contributed by atoms with Crippen molar-refractivity contribution in [2.45, 2.75) is 70.3 Å². The topological polar surface area (TPSA) is 108 Å². The molecule has 1 aliphatic carbocycles. The number of carboxylic acids is 1. The van der Waals surface area contributed by atoms with E-state index in [2.05, 4.69) is 0 Å². The molecule has 1 unspecified atom stereocenters. The number of hydrogen-bond acceptors (Lipinski definition) is 4. The van der Waals surface area contributed by atoms with Crippen molar-refractivity contribution in [3.8, 4) is 0 Å². The molecule has 3 N–H and O–H groups in total. The molecule has 2 amide bonds. The molecular weight excluding hydrogens is 358 g/mol. The van der Waals surface area contributed by atoms with Crippen LogP contribution in [0.5, 0.6) is 0 Å². The first-order valence-corrected chi connectivity index (χ1v) is 11.1. The number of primary amides is 1. The van der Waals surface area contributed by atoms with Crippen LogP contribution in [0.25, 0.3) is 0 Å². The predicted molar refractivity (Wildman–Crippen MR) is 102 cm³/mol. The average Bonchev–Trinajstić information content (AvgIpc) is 3.16. The zero-order valence-electron chi connectivity index (χ0n) is 16.9. The molecular formula is C21H35N3O4. The second-order valence-corrected chi connectivity index (χ2v) is 9.05. The smallest absolute Gasteiger partial charge is 0.275 e. The molecule has 0 aromatic heterocycles. The summed E-state index contributed by atoms with van der Waals surface area (Å²) in [7, 11) is 0. The third-order valence-corrected chi connectivity index (χ3v) is 7.25. The number of rotatable bonds is 7. The molecule has 3 fully saturated rings. The third-order valence-electron chi connectivity index (χ3n) is 7.25. The molecule has 3 rings (SSSR count). The van der Waals surface area contributed by atoms with Gasteiger partial charge < -0.3 is 25.4 Å². The van der Waals surface area contributed by atoms with Crippen molar-refractivity contribution >= 4 is 17.8 Å². The van der Waals surface area contributed by atoms with Crippen LogP contribution in [0, 0.1) is 17.8 Å². The zero-order valence-corrected chi connectivity index (χ0v) is 16.9. The van der Waals surface area contributed by atoms with Crippen LogP contribution in [-0.2, 0) is 14.4 Å². The molecule has 2 heterocycles. The Kier molecular flexibility index (Phi) is 7.32. The maximum absolute atomic E-state index is 13.0. The minimum Gasteiger partial charge on any atom is -0.550 e. The summed E-state index contributed by atoms with van der Waals surface area (Å²) < 4.78 is 0. The Bertz CT molecular complexity index is 576. The molecule has 0 radical (unpaired) electrons. The van der Waals surface area contributed by atoms with E-state index >= 15 is 0 Å². The molecule has 1 saturated carbocycles. The normalized spacial score (nSPS) is 31.6. The van der Waals surface area contributed by atoms with Crippen molar-refractivity contribution < 1.29 is 24.4 Å². The highest BCUT2D eigenvalue weighted by Crippen LogP contribution is 2.32. The van der Waals surface area contributed by atoms with Gasteiger partial charge in [-0.1, -0.05) is 19.3 Å². The van der Waals surface area contributed by atoms with Crippen LogP contribution in [0.4, 0.5) is 0 Å². The number of carboxylic acid groups (broad SMARTS) is 1. The lowest BCUT2D eigenvalue weighted by atomic mass is 9.80. The Balaban J connectivity index is 1.60. The SMILES string of the molecule is NC(=O)[C@@H]1CCC[NH+]1CC[C@H]1CN(C(=O)C2CCCCC2)CC[C@H]1CC(=O)[O-]. The van der Waals surface area contributed by atoms with E-state index in [1.807, 2.05) is 4.90 Å². The number of aliphatic carboxylic acids is 1. The third kappa shape index (κ3) is 5.25. The largest absolute Gasteiger partial charge is 0.550 e. The van der Waals surface area contributed by atoms with Crippen LogP contribution in [0.3, 0.4) is 0 Å². The lowest BCUT2D eigenvalue weighted by Crippen LogP contribution is -3.15.